The Labute approximate surface area is 155 Å². The molecule has 0 aromatic carbocycles. The van der Waals surface area contributed by atoms with Gasteiger partial charge in [-0.25, -0.2) is 15.1 Å². The van der Waals surface area contributed by atoms with Crippen LogP contribution in [0, 0.1) is 0 Å². The smallest absolute Gasteiger partial charge is 0.418 e. The van der Waals surface area contributed by atoms with Crippen LogP contribution in [0.3, 0.4) is 0 Å². The van der Waals surface area contributed by atoms with Gasteiger partial charge in [-0.2, -0.15) is 13.5 Å². The number of urea groups is 1. The number of nitrogens with one attached hydrogen (secondary N) is 1. The van der Waals surface area contributed by atoms with Gasteiger partial charge in [-0.1, -0.05) is 0 Å². The summed E-state index contributed by atoms with van der Waals surface area (Å²) < 4.78 is 34.7. The van der Waals surface area contributed by atoms with Gasteiger partial charge in [0.15, 0.2) is 0 Å². The first-order valence-electron chi connectivity index (χ1n) is 8.19. The molecule has 0 radical (unpaired) electrons. The number of hydrogen-bond acceptors (Lipinski definition) is 7. The molecule has 2 heterocycles. The third-order valence-corrected chi connectivity index (χ3v) is 4.63. The predicted molar refractivity (Wildman–Crippen MR) is 87.3 cm³/mol. The zero-order valence-electron chi connectivity index (χ0n) is 14.8. The highest BCUT2D eigenvalue weighted by molar-refractivity contribution is 7.80. The van der Waals surface area contributed by atoms with Crippen molar-refractivity contribution >= 4 is 28.4 Å². The number of amides is 4. The third-order valence-electron chi connectivity index (χ3n) is 4.28. The second-order valence-electron chi connectivity index (χ2n) is 6.39. The van der Waals surface area contributed by atoms with Crippen molar-refractivity contribution in [1.29, 1.82) is 0 Å². The molecule has 3 N–H and O–H groups in total. The molecule has 0 spiro atoms. The van der Waals surface area contributed by atoms with E-state index in [2.05, 4.69) is 9.76 Å². The highest BCUT2D eigenvalue weighted by Crippen LogP contribution is 2.30. The van der Waals surface area contributed by atoms with Gasteiger partial charge in [-0.05, 0) is 26.7 Å². The molecule has 2 bridgehead atoms. The fraction of sp³-hybridized carbons (Fsp3) is 0.769. The van der Waals surface area contributed by atoms with Crippen LogP contribution in [0.4, 0.5) is 9.59 Å². The van der Waals surface area contributed by atoms with E-state index in [-0.39, 0.29) is 38.6 Å². The van der Waals surface area contributed by atoms with Crippen molar-refractivity contribution in [1.82, 2.24) is 20.3 Å². The summed E-state index contributed by atoms with van der Waals surface area (Å²) in [5.41, 5.74) is 2.17. The Morgan fingerprint density at radius 2 is 2.04 bits per heavy atom. The molecule has 2 aliphatic heterocycles. The van der Waals surface area contributed by atoms with Crippen LogP contribution in [0.5, 0.6) is 0 Å². The maximum Gasteiger partial charge on any atom is 0.418 e. The molecular weight excluding hydrogens is 388 g/mol. The first-order valence-corrected chi connectivity index (χ1v) is 9.56. The molecule has 27 heavy (non-hydrogen) atoms. The summed E-state index contributed by atoms with van der Waals surface area (Å²) in [6.07, 6.45) is -0.583. The van der Waals surface area contributed by atoms with Crippen LogP contribution in [-0.4, -0.2) is 88.8 Å². The fourth-order valence-corrected chi connectivity index (χ4v) is 3.40. The lowest BCUT2D eigenvalue weighted by molar-refractivity contribution is -0.139. The standard InChI is InChI=1S/C13H22N4O9S/c1-8(2)15(13(20)21)5-6-25-14-11(18)10-4-3-9-7-16(10)12(19)17(9)26-27(22,23)24/h8-10H,3-7H2,1-2H3,(H,14,18)(H,20,21)(H,22,23,24)/t9-,10+/m1/s1. The Balaban J connectivity index is 1.86. The molecule has 13 nitrogen and oxygen atoms in total. The highest BCUT2D eigenvalue weighted by atomic mass is 32.3. The van der Waals surface area contributed by atoms with E-state index in [1.54, 1.807) is 13.8 Å². The van der Waals surface area contributed by atoms with E-state index in [1.807, 2.05) is 0 Å². The molecule has 2 fully saturated rings. The van der Waals surface area contributed by atoms with Crippen molar-refractivity contribution in [2.75, 3.05) is 19.7 Å². The molecule has 2 atom stereocenters. The topological polar surface area (TPSA) is 166 Å². The van der Waals surface area contributed by atoms with Gasteiger partial charge in [0.1, 0.15) is 6.04 Å². The molecule has 4 amide bonds. The largest absolute Gasteiger partial charge is 0.465 e. The zero-order chi connectivity index (χ0) is 20.4. The number of carbonyl (C=O) groups excluding carboxylic acids is 2. The van der Waals surface area contributed by atoms with Crippen LogP contribution < -0.4 is 5.48 Å². The molecular formula is C13H22N4O9S. The van der Waals surface area contributed by atoms with Crippen LogP contribution in [-0.2, 0) is 24.3 Å². The maximum atomic E-state index is 12.2. The van der Waals surface area contributed by atoms with Gasteiger partial charge >= 0.3 is 22.5 Å². The van der Waals surface area contributed by atoms with Crippen molar-refractivity contribution in [2.24, 2.45) is 0 Å². The molecule has 0 aromatic rings. The lowest BCUT2D eigenvalue weighted by Gasteiger charge is -2.29. The van der Waals surface area contributed by atoms with E-state index >= 15 is 0 Å². The van der Waals surface area contributed by atoms with Crippen molar-refractivity contribution in [2.45, 2.75) is 44.8 Å². The first-order chi connectivity index (χ1) is 12.5. The summed E-state index contributed by atoms with van der Waals surface area (Å²) in [5, 5.41) is 9.56. The Kier molecular flexibility index (Phi) is 6.46. The highest BCUT2D eigenvalue weighted by Gasteiger charge is 2.49. The fourth-order valence-electron chi connectivity index (χ4n) is 3.01. The predicted octanol–water partition coefficient (Wildman–Crippen LogP) is -0.574. The summed E-state index contributed by atoms with van der Waals surface area (Å²) in [4.78, 5) is 42.7. The van der Waals surface area contributed by atoms with Crippen LogP contribution >= 0.6 is 0 Å². The van der Waals surface area contributed by atoms with E-state index in [0.717, 1.165) is 9.80 Å². The van der Waals surface area contributed by atoms with E-state index in [9.17, 15) is 22.8 Å². The number of rotatable bonds is 8. The molecule has 0 aromatic heterocycles. The molecule has 0 saturated carbocycles. The molecule has 2 rings (SSSR count). The first kappa shape index (κ1) is 21.1. The quantitative estimate of drug-likeness (QED) is 0.270. The average Bonchev–Trinajstić information content (AvgIpc) is 2.77. The Morgan fingerprint density at radius 1 is 1.37 bits per heavy atom. The molecule has 0 aliphatic carbocycles. The zero-order valence-corrected chi connectivity index (χ0v) is 15.6. The second kappa shape index (κ2) is 8.24. The van der Waals surface area contributed by atoms with E-state index in [0.29, 0.717) is 5.06 Å². The monoisotopic (exact) mass is 410 g/mol. The maximum absolute atomic E-state index is 12.2. The lowest BCUT2D eigenvalue weighted by atomic mass is 10.0. The minimum Gasteiger partial charge on any atom is -0.465 e. The minimum atomic E-state index is -4.86. The SMILES string of the molecule is CC(C)N(CCONC(=O)[C@@H]1CC[C@@H]2CN1C(=O)N2OS(=O)(=O)O)C(=O)O. The number of fused-ring (bicyclic) bond motifs is 2. The van der Waals surface area contributed by atoms with Crippen molar-refractivity contribution < 1.29 is 41.6 Å². The summed E-state index contributed by atoms with van der Waals surface area (Å²) in [7, 11) is -4.86. The van der Waals surface area contributed by atoms with Gasteiger partial charge < -0.3 is 14.9 Å². The molecule has 14 heteroatoms. The van der Waals surface area contributed by atoms with Crippen LogP contribution in [0.25, 0.3) is 0 Å². The van der Waals surface area contributed by atoms with Crippen LogP contribution in [0.1, 0.15) is 26.7 Å². The Bertz CT molecular complexity index is 698. The molecule has 2 saturated heterocycles. The van der Waals surface area contributed by atoms with Crippen LogP contribution in [0.2, 0.25) is 0 Å². The van der Waals surface area contributed by atoms with Gasteiger partial charge in [0.25, 0.3) is 5.91 Å². The van der Waals surface area contributed by atoms with Crippen molar-refractivity contribution in [3.05, 3.63) is 0 Å². The van der Waals surface area contributed by atoms with E-state index in [4.69, 9.17) is 14.5 Å². The van der Waals surface area contributed by atoms with Crippen molar-refractivity contribution in [3.63, 3.8) is 0 Å². The number of hydroxylamine groups is 3. The van der Waals surface area contributed by atoms with Gasteiger partial charge in [0.05, 0.1) is 19.2 Å². The third kappa shape index (κ3) is 5.18. The number of hydrogen-bond donors (Lipinski definition) is 3. The Hall–Kier alpha value is -2.16. The van der Waals surface area contributed by atoms with Gasteiger partial charge in [0, 0.05) is 12.6 Å². The van der Waals surface area contributed by atoms with Gasteiger partial charge in [-0.3, -0.25) is 14.2 Å². The second-order valence-corrected chi connectivity index (χ2v) is 7.40. The summed E-state index contributed by atoms with van der Waals surface area (Å²) in [6, 6.07) is -2.61. The van der Waals surface area contributed by atoms with Crippen LogP contribution in [0.15, 0.2) is 0 Å². The van der Waals surface area contributed by atoms with Gasteiger partial charge in [0.2, 0.25) is 0 Å². The molecule has 0 unspecified atom stereocenters. The average molecular weight is 410 g/mol. The minimum absolute atomic E-state index is 0.0403. The van der Waals surface area contributed by atoms with E-state index in [1.165, 1.54) is 0 Å². The lowest BCUT2D eigenvalue weighted by Crippen LogP contribution is -2.50. The number of nitrogens with zero attached hydrogens (tertiary/aromatic N) is 3. The molecule has 154 valence electrons. The molecule has 2 aliphatic rings. The number of carbonyl (C=O) groups is 3. The summed E-state index contributed by atoms with van der Waals surface area (Å²) >= 11 is 0. The number of carboxylic acid groups (broad SMARTS) is 1. The summed E-state index contributed by atoms with van der Waals surface area (Å²) in [5.74, 6) is -0.623. The normalized spacial score (nSPS) is 22.3. The summed E-state index contributed by atoms with van der Waals surface area (Å²) in [6.45, 7) is 3.41. The number of piperidine rings is 1. The van der Waals surface area contributed by atoms with Gasteiger partial charge in [-0.15, -0.1) is 4.28 Å². The van der Waals surface area contributed by atoms with E-state index < -0.39 is 40.5 Å². The van der Waals surface area contributed by atoms with Crippen molar-refractivity contribution in [3.8, 4) is 0 Å². The Morgan fingerprint density at radius 3 is 2.59 bits per heavy atom.